The van der Waals surface area contributed by atoms with Gasteiger partial charge in [-0.25, -0.2) is 8.42 Å². The number of nitrogens with two attached hydrogens (primary N) is 1. The first-order valence-electron chi connectivity index (χ1n) is 6.58. The number of nitrogens with zero attached hydrogens (tertiary/aromatic N) is 2. The van der Waals surface area contributed by atoms with E-state index in [2.05, 4.69) is 4.90 Å². The SMILES string of the molecule is CC1CN(C)CCCN1S(=O)(=O)c1ccc(N)c(Cl)c1. The van der Waals surface area contributed by atoms with Crippen LogP contribution in [0.2, 0.25) is 5.02 Å². The lowest BCUT2D eigenvalue weighted by Gasteiger charge is -2.27. The Morgan fingerprint density at radius 1 is 1.35 bits per heavy atom. The van der Waals surface area contributed by atoms with Crippen molar-refractivity contribution in [3.8, 4) is 0 Å². The summed E-state index contributed by atoms with van der Waals surface area (Å²) in [6, 6.07) is 4.40. The fraction of sp³-hybridized carbons (Fsp3) is 0.538. The highest BCUT2D eigenvalue weighted by molar-refractivity contribution is 7.89. The number of rotatable bonds is 2. The van der Waals surface area contributed by atoms with E-state index in [1.807, 2.05) is 14.0 Å². The minimum Gasteiger partial charge on any atom is -0.398 e. The number of benzene rings is 1. The van der Waals surface area contributed by atoms with Gasteiger partial charge in [0, 0.05) is 19.1 Å². The monoisotopic (exact) mass is 317 g/mol. The maximum atomic E-state index is 12.7. The molecule has 1 unspecified atom stereocenters. The van der Waals surface area contributed by atoms with E-state index < -0.39 is 10.0 Å². The van der Waals surface area contributed by atoms with Gasteiger partial charge >= 0.3 is 0 Å². The Bertz CT molecular complexity index is 591. The van der Waals surface area contributed by atoms with Crippen molar-refractivity contribution < 1.29 is 8.42 Å². The molecule has 1 aliphatic rings. The number of halogens is 1. The van der Waals surface area contributed by atoms with Crippen molar-refractivity contribution in [2.45, 2.75) is 24.3 Å². The van der Waals surface area contributed by atoms with Crippen LogP contribution in [0.25, 0.3) is 0 Å². The number of likely N-dealkylation sites (N-methyl/N-ethyl adjacent to an activating group) is 1. The van der Waals surface area contributed by atoms with E-state index in [9.17, 15) is 8.42 Å². The summed E-state index contributed by atoms with van der Waals surface area (Å²) in [4.78, 5) is 2.35. The topological polar surface area (TPSA) is 66.6 Å². The van der Waals surface area contributed by atoms with Crippen molar-refractivity contribution >= 4 is 27.3 Å². The third-order valence-electron chi connectivity index (χ3n) is 3.56. The summed E-state index contributed by atoms with van der Waals surface area (Å²) in [5.74, 6) is 0. The van der Waals surface area contributed by atoms with Gasteiger partial charge in [0.1, 0.15) is 0 Å². The molecular weight excluding hydrogens is 298 g/mol. The van der Waals surface area contributed by atoms with E-state index in [0.29, 0.717) is 12.2 Å². The van der Waals surface area contributed by atoms with Crippen LogP contribution in [0.5, 0.6) is 0 Å². The second-order valence-corrected chi connectivity index (χ2v) is 7.56. The molecular formula is C13H20ClN3O2S. The van der Waals surface area contributed by atoms with Gasteiger partial charge in [-0.05, 0) is 45.1 Å². The first kappa shape index (κ1) is 15.6. The molecule has 0 amide bonds. The van der Waals surface area contributed by atoms with E-state index in [4.69, 9.17) is 17.3 Å². The molecule has 0 bridgehead atoms. The summed E-state index contributed by atoms with van der Waals surface area (Å²) < 4.78 is 27.0. The minimum atomic E-state index is -3.53. The van der Waals surface area contributed by atoms with Crippen LogP contribution in [0.1, 0.15) is 13.3 Å². The van der Waals surface area contributed by atoms with Crippen molar-refractivity contribution in [1.82, 2.24) is 9.21 Å². The van der Waals surface area contributed by atoms with Gasteiger partial charge in [-0.15, -0.1) is 0 Å². The van der Waals surface area contributed by atoms with Crippen LogP contribution in [0.15, 0.2) is 23.1 Å². The third kappa shape index (κ3) is 3.09. The quantitative estimate of drug-likeness (QED) is 0.842. The molecule has 0 aliphatic carbocycles. The zero-order valence-electron chi connectivity index (χ0n) is 11.7. The predicted molar refractivity (Wildman–Crippen MR) is 81.3 cm³/mol. The molecule has 7 heteroatoms. The summed E-state index contributed by atoms with van der Waals surface area (Å²) in [5, 5.41) is 0.269. The molecule has 2 N–H and O–H groups in total. The molecule has 0 radical (unpaired) electrons. The fourth-order valence-electron chi connectivity index (χ4n) is 2.51. The van der Waals surface area contributed by atoms with Crippen LogP contribution < -0.4 is 5.73 Å². The van der Waals surface area contributed by atoms with Gasteiger partial charge in [0.05, 0.1) is 15.6 Å². The van der Waals surface area contributed by atoms with Crippen LogP contribution in [-0.2, 0) is 10.0 Å². The maximum absolute atomic E-state index is 12.7. The van der Waals surface area contributed by atoms with Gasteiger partial charge < -0.3 is 10.6 Å². The smallest absolute Gasteiger partial charge is 0.243 e. The molecule has 0 spiro atoms. The Labute approximate surface area is 125 Å². The summed E-state index contributed by atoms with van der Waals surface area (Å²) in [7, 11) is -1.52. The van der Waals surface area contributed by atoms with Crippen LogP contribution in [0, 0.1) is 0 Å². The van der Waals surface area contributed by atoms with E-state index in [1.165, 1.54) is 18.2 Å². The summed E-state index contributed by atoms with van der Waals surface area (Å²) >= 11 is 5.93. The molecule has 112 valence electrons. The maximum Gasteiger partial charge on any atom is 0.243 e. The summed E-state index contributed by atoms with van der Waals surface area (Å²) in [6.45, 7) is 4.08. The number of nitrogen functional groups attached to an aromatic ring is 1. The van der Waals surface area contributed by atoms with Gasteiger partial charge in [-0.3, -0.25) is 0 Å². The Kier molecular flexibility index (Phi) is 4.59. The molecule has 1 fully saturated rings. The second kappa shape index (κ2) is 5.89. The van der Waals surface area contributed by atoms with E-state index in [1.54, 1.807) is 4.31 Å². The number of sulfonamides is 1. The number of anilines is 1. The highest BCUT2D eigenvalue weighted by Gasteiger charge is 2.31. The van der Waals surface area contributed by atoms with E-state index >= 15 is 0 Å². The zero-order valence-corrected chi connectivity index (χ0v) is 13.3. The lowest BCUT2D eigenvalue weighted by Crippen LogP contribution is -2.41. The van der Waals surface area contributed by atoms with Crippen molar-refractivity contribution in [3.63, 3.8) is 0 Å². The van der Waals surface area contributed by atoms with E-state index in [0.717, 1.165) is 19.5 Å². The van der Waals surface area contributed by atoms with Crippen LogP contribution >= 0.6 is 11.6 Å². The fourth-order valence-corrected chi connectivity index (χ4v) is 4.44. The van der Waals surface area contributed by atoms with Gasteiger partial charge in [0.15, 0.2) is 0 Å². The lowest BCUT2D eigenvalue weighted by atomic mass is 10.3. The average molecular weight is 318 g/mol. The highest BCUT2D eigenvalue weighted by Crippen LogP contribution is 2.26. The normalized spacial score (nSPS) is 22.6. The van der Waals surface area contributed by atoms with E-state index in [-0.39, 0.29) is 16.0 Å². The lowest BCUT2D eigenvalue weighted by molar-refractivity contribution is 0.290. The Morgan fingerprint density at radius 2 is 2.05 bits per heavy atom. The first-order chi connectivity index (χ1) is 9.32. The highest BCUT2D eigenvalue weighted by atomic mass is 35.5. The molecule has 1 aliphatic heterocycles. The largest absolute Gasteiger partial charge is 0.398 e. The van der Waals surface area contributed by atoms with Crippen molar-refractivity contribution in [2.75, 3.05) is 32.4 Å². The summed E-state index contributed by atoms with van der Waals surface area (Å²) in [6.07, 6.45) is 0.822. The Hall–Kier alpha value is -0.820. The van der Waals surface area contributed by atoms with Crippen molar-refractivity contribution in [1.29, 1.82) is 0 Å². The molecule has 0 aromatic heterocycles. The molecule has 20 heavy (non-hydrogen) atoms. The summed E-state index contributed by atoms with van der Waals surface area (Å²) in [5.41, 5.74) is 6.02. The predicted octanol–water partition coefficient (Wildman–Crippen LogP) is 1.64. The Balaban J connectivity index is 2.35. The third-order valence-corrected chi connectivity index (χ3v) is 5.90. The van der Waals surface area contributed by atoms with Crippen LogP contribution in [0.4, 0.5) is 5.69 Å². The number of hydrogen-bond acceptors (Lipinski definition) is 4. The molecule has 1 saturated heterocycles. The van der Waals surface area contributed by atoms with Gasteiger partial charge in [-0.2, -0.15) is 4.31 Å². The molecule has 5 nitrogen and oxygen atoms in total. The molecule has 0 saturated carbocycles. The standard InChI is InChI=1S/C13H20ClN3O2S/c1-10-9-16(2)6-3-7-17(10)20(18,19)11-4-5-13(15)12(14)8-11/h4-5,8,10H,3,6-7,9,15H2,1-2H3. The molecule has 1 heterocycles. The average Bonchev–Trinajstić information content (AvgIpc) is 2.53. The van der Waals surface area contributed by atoms with Crippen LogP contribution in [-0.4, -0.2) is 50.3 Å². The second-order valence-electron chi connectivity index (χ2n) is 5.26. The molecule has 1 aromatic rings. The minimum absolute atomic E-state index is 0.0659. The first-order valence-corrected chi connectivity index (χ1v) is 8.39. The van der Waals surface area contributed by atoms with Crippen molar-refractivity contribution in [2.24, 2.45) is 0 Å². The molecule has 2 rings (SSSR count). The Morgan fingerprint density at radius 3 is 2.70 bits per heavy atom. The van der Waals surface area contributed by atoms with Gasteiger partial charge in [0.2, 0.25) is 10.0 Å². The molecule has 1 atom stereocenters. The van der Waals surface area contributed by atoms with Crippen LogP contribution in [0.3, 0.4) is 0 Å². The molecule has 1 aromatic carbocycles. The van der Waals surface area contributed by atoms with Gasteiger partial charge in [-0.1, -0.05) is 11.6 Å². The van der Waals surface area contributed by atoms with Gasteiger partial charge in [0.25, 0.3) is 0 Å². The van der Waals surface area contributed by atoms with Crippen molar-refractivity contribution in [3.05, 3.63) is 23.2 Å². The zero-order chi connectivity index (χ0) is 14.9. The number of hydrogen-bond donors (Lipinski definition) is 1.